The average Bonchev–Trinajstić information content (AvgIpc) is 3.03. The van der Waals surface area contributed by atoms with Gasteiger partial charge in [-0.05, 0) is 57.0 Å². The Morgan fingerprint density at radius 1 is 0.870 bits per heavy atom. The van der Waals surface area contributed by atoms with Gasteiger partial charge in [0, 0.05) is 16.2 Å². The fourth-order valence-electron chi connectivity index (χ4n) is 4.05. The van der Waals surface area contributed by atoms with Crippen molar-refractivity contribution in [2.45, 2.75) is 19.3 Å². The molecular formula is C21H15IO. The number of hydrogen-bond donors (Lipinski definition) is 0. The first-order chi connectivity index (χ1) is 11.1. The Kier molecular flexibility index (Phi) is 2.59. The van der Waals surface area contributed by atoms with Gasteiger partial charge in [0.25, 0.3) is 0 Å². The van der Waals surface area contributed by atoms with Crippen molar-refractivity contribution in [1.29, 1.82) is 0 Å². The van der Waals surface area contributed by atoms with Crippen LogP contribution in [0.3, 0.4) is 0 Å². The maximum absolute atomic E-state index is 6.18. The van der Waals surface area contributed by atoms with Crippen LogP contribution in [0.2, 0.25) is 0 Å². The van der Waals surface area contributed by atoms with Crippen molar-refractivity contribution >= 4 is 44.5 Å². The van der Waals surface area contributed by atoms with Gasteiger partial charge in [-0.2, -0.15) is 0 Å². The van der Waals surface area contributed by atoms with E-state index in [2.05, 4.69) is 91.0 Å². The van der Waals surface area contributed by atoms with Gasteiger partial charge < -0.3 is 4.42 Å². The predicted octanol–water partition coefficient (Wildman–Crippen LogP) is 6.50. The molecule has 0 aliphatic heterocycles. The van der Waals surface area contributed by atoms with Crippen LogP contribution in [0.25, 0.3) is 33.1 Å². The molecule has 0 atom stereocenters. The summed E-state index contributed by atoms with van der Waals surface area (Å²) in [6.07, 6.45) is 0. The van der Waals surface area contributed by atoms with E-state index in [0.29, 0.717) is 0 Å². The van der Waals surface area contributed by atoms with Crippen molar-refractivity contribution in [3.05, 3.63) is 69.3 Å². The van der Waals surface area contributed by atoms with Crippen LogP contribution in [0.1, 0.15) is 25.0 Å². The zero-order chi connectivity index (χ0) is 15.8. The van der Waals surface area contributed by atoms with E-state index in [4.69, 9.17) is 4.42 Å². The molecule has 0 unspecified atom stereocenters. The normalized spacial score (nSPS) is 15.1. The lowest BCUT2D eigenvalue weighted by atomic mass is 9.82. The van der Waals surface area contributed by atoms with Gasteiger partial charge in [0.2, 0.25) is 0 Å². The standard InChI is InChI=1S/C21H15IO/c1-21(2)14-8-4-3-6-12(14)18-15(21)10-11-17-19(18)13-7-5-9-16(22)20(13)23-17/h3-11H,1-2H3. The number of halogens is 1. The average molecular weight is 410 g/mol. The van der Waals surface area contributed by atoms with Gasteiger partial charge in [-0.1, -0.05) is 56.3 Å². The van der Waals surface area contributed by atoms with Crippen LogP contribution in [-0.4, -0.2) is 0 Å². The molecule has 0 spiro atoms. The SMILES string of the molecule is CC1(C)c2ccccc2-c2c1ccc1oc3c(I)cccc3c21. The molecule has 1 aliphatic carbocycles. The molecule has 1 aliphatic rings. The number of furan rings is 1. The quantitative estimate of drug-likeness (QED) is 0.302. The molecule has 3 aromatic carbocycles. The number of benzene rings is 3. The third-order valence-electron chi connectivity index (χ3n) is 5.16. The number of rotatable bonds is 0. The third kappa shape index (κ3) is 1.62. The van der Waals surface area contributed by atoms with E-state index < -0.39 is 0 Å². The second-order valence-corrected chi connectivity index (χ2v) is 7.91. The maximum Gasteiger partial charge on any atom is 0.148 e. The van der Waals surface area contributed by atoms with E-state index in [9.17, 15) is 0 Å². The lowest BCUT2D eigenvalue weighted by Gasteiger charge is -2.21. The van der Waals surface area contributed by atoms with Crippen LogP contribution in [-0.2, 0) is 5.41 Å². The molecule has 0 bridgehead atoms. The van der Waals surface area contributed by atoms with E-state index in [1.165, 1.54) is 33.0 Å². The van der Waals surface area contributed by atoms with Gasteiger partial charge in [0.1, 0.15) is 11.2 Å². The van der Waals surface area contributed by atoms with Crippen LogP contribution < -0.4 is 0 Å². The zero-order valence-electron chi connectivity index (χ0n) is 13.0. The first kappa shape index (κ1) is 13.6. The predicted molar refractivity (Wildman–Crippen MR) is 104 cm³/mol. The van der Waals surface area contributed by atoms with Gasteiger partial charge in [0.15, 0.2) is 0 Å². The molecule has 0 N–H and O–H groups in total. The molecule has 0 fully saturated rings. The van der Waals surface area contributed by atoms with Crippen LogP contribution in [0.15, 0.2) is 59.0 Å². The Hall–Kier alpha value is -1.81. The monoisotopic (exact) mass is 410 g/mol. The molecular weight excluding hydrogens is 395 g/mol. The Bertz CT molecular complexity index is 1100. The highest BCUT2D eigenvalue weighted by Crippen LogP contribution is 2.52. The van der Waals surface area contributed by atoms with E-state index >= 15 is 0 Å². The summed E-state index contributed by atoms with van der Waals surface area (Å²) < 4.78 is 7.35. The summed E-state index contributed by atoms with van der Waals surface area (Å²) in [6.45, 7) is 4.63. The highest BCUT2D eigenvalue weighted by Gasteiger charge is 2.37. The topological polar surface area (TPSA) is 13.1 Å². The highest BCUT2D eigenvalue weighted by atomic mass is 127. The fourth-order valence-corrected chi connectivity index (χ4v) is 4.66. The summed E-state index contributed by atoms with van der Waals surface area (Å²) in [6, 6.07) is 19.5. The molecule has 23 heavy (non-hydrogen) atoms. The van der Waals surface area contributed by atoms with Crippen LogP contribution in [0.5, 0.6) is 0 Å². The molecule has 1 heterocycles. The van der Waals surface area contributed by atoms with Crippen LogP contribution in [0, 0.1) is 3.57 Å². The minimum atomic E-state index is 0.0334. The number of fused-ring (bicyclic) bond motifs is 7. The van der Waals surface area contributed by atoms with E-state index in [0.717, 1.165) is 14.7 Å². The smallest absolute Gasteiger partial charge is 0.148 e. The Labute approximate surface area is 148 Å². The highest BCUT2D eigenvalue weighted by molar-refractivity contribution is 14.1. The summed E-state index contributed by atoms with van der Waals surface area (Å²) in [5.74, 6) is 0. The van der Waals surface area contributed by atoms with E-state index in [1.54, 1.807) is 0 Å². The first-order valence-electron chi connectivity index (χ1n) is 7.83. The van der Waals surface area contributed by atoms with Gasteiger partial charge >= 0.3 is 0 Å². The summed E-state index contributed by atoms with van der Waals surface area (Å²) in [7, 11) is 0. The summed E-state index contributed by atoms with van der Waals surface area (Å²) >= 11 is 2.35. The van der Waals surface area contributed by atoms with Gasteiger partial charge in [0.05, 0.1) is 3.57 Å². The molecule has 112 valence electrons. The van der Waals surface area contributed by atoms with E-state index in [-0.39, 0.29) is 5.41 Å². The second-order valence-electron chi connectivity index (χ2n) is 6.75. The maximum atomic E-state index is 6.18. The van der Waals surface area contributed by atoms with Crippen molar-refractivity contribution in [3.8, 4) is 11.1 Å². The van der Waals surface area contributed by atoms with Crippen LogP contribution >= 0.6 is 22.6 Å². The number of hydrogen-bond acceptors (Lipinski definition) is 1. The van der Waals surface area contributed by atoms with Crippen molar-refractivity contribution in [1.82, 2.24) is 0 Å². The lowest BCUT2D eigenvalue weighted by molar-refractivity contribution is 0.656. The Morgan fingerprint density at radius 3 is 2.57 bits per heavy atom. The molecule has 1 aromatic heterocycles. The molecule has 0 amide bonds. The molecule has 1 nitrogen and oxygen atoms in total. The second kappa shape index (κ2) is 4.38. The van der Waals surface area contributed by atoms with Gasteiger partial charge in [-0.15, -0.1) is 0 Å². The fraction of sp³-hybridized carbons (Fsp3) is 0.143. The molecule has 0 saturated heterocycles. The zero-order valence-corrected chi connectivity index (χ0v) is 15.1. The minimum absolute atomic E-state index is 0.0334. The first-order valence-corrected chi connectivity index (χ1v) is 8.91. The van der Waals surface area contributed by atoms with Crippen molar-refractivity contribution in [2.24, 2.45) is 0 Å². The van der Waals surface area contributed by atoms with Crippen molar-refractivity contribution < 1.29 is 4.42 Å². The van der Waals surface area contributed by atoms with Gasteiger partial charge in [-0.3, -0.25) is 0 Å². The Balaban J connectivity index is 2.05. The van der Waals surface area contributed by atoms with Crippen LogP contribution in [0.4, 0.5) is 0 Å². The molecule has 5 rings (SSSR count). The molecule has 4 aromatic rings. The molecule has 2 heteroatoms. The Morgan fingerprint density at radius 2 is 1.70 bits per heavy atom. The van der Waals surface area contributed by atoms with Crippen molar-refractivity contribution in [2.75, 3.05) is 0 Å². The minimum Gasteiger partial charge on any atom is -0.455 e. The number of para-hydroxylation sites is 1. The van der Waals surface area contributed by atoms with Crippen molar-refractivity contribution in [3.63, 3.8) is 0 Å². The largest absolute Gasteiger partial charge is 0.455 e. The lowest BCUT2D eigenvalue weighted by Crippen LogP contribution is -2.14. The summed E-state index contributed by atoms with van der Waals surface area (Å²) in [5.41, 5.74) is 7.51. The van der Waals surface area contributed by atoms with Gasteiger partial charge in [-0.25, -0.2) is 0 Å². The van der Waals surface area contributed by atoms with E-state index in [1.807, 2.05) is 0 Å². The third-order valence-corrected chi connectivity index (χ3v) is 6.01. The molecule has 0 saturated carbocycles. The summed E-state index contributed by atoms with van der Waals surface area (Å²) in [4.78, 5) is 0. The summed E-state index contributed by atoms with van der Waals surface area (Å²) in [5, 5.41) is 2.48. The molecule has 0 radical (unpaired) electrons.